The van der Waals surface area contributed by atoms with E-state index in [1.165, 1.54) is 0 Å². The van der Waals surface area contributed by atoms with E-state index in [0.717, 1.165) is 53.9 Å². The fourth-order valence-electron chi connectivity index (χ4n) is 4.52. The van der Waals surface area contributed by atoms with Crippen LogP contribution in [0.3, 0.4) is 0 Å². The van der Waals surface area contributed by atoms with Gasteiger partial charge in [0.25, 0.3) is 5.91 Å². The summed E-state index contributed by atoms with van der Waals surface area (Å²) >= 11 is 0. The highest BCUT2D eigenvalue weighted by Crippen LogP contribution is 2.41. The van der Waals surface area contributed by atoms with Gasteiger partial charge in [-0.2, -0.15) is 0 Å². The van der Waals surface area contributed by atoms with Crippen LogP contribution in [-0.4, -0.2) is 35.0 Å². The molecular weight excluding hydrogens is 368 g/mol. The molecule has 2 aromatic rings. The predicted octanol–water partition coefficient (Wildman–Crippen LogP) is 3.33. The topological polar surface area (TPSA) is 78.9 Å². The van der Waals surface area contributed by atoms with E-state index in [-0.39, 0.29) is 11.8 Å². The van der Waals surface area contributed by atoms with Crippen LogP contribution >= 0.6 is 0 Å². The standard InChI is InChI=1S/C23H22N2O4/c26-22-20(18-5-1-2-6-19(18)24-22)21-17-8-7-14(10-16(17)13-29-21)11-25-9-3-4-15(12-25)23(27)28/h1-2,5-8,10,15H,3-4,9,11-13H2,(H,24,26)(H,27,28). The number of carboxylic acid groups (broad SMARTS) is 1. The molecule has 2 N–H and O–H groups in total. The van der Waals surface area contributed by atoms with Gasteiger partial charge in [-0.05, 0) is 31.0 Å². The van der Waals surface area contributed by atoms with Crippen LogP contribution in [-0.2, 0) is 27.5 Å². The smallest absolute Gasteiger partial charge is 0.307 e. The molecule has 3 aliphatic heterocycles. The largest absolute Gasteiger partial charge is 0.487 e. The number of anilines is 1. The average Bonchev–Trinajstić information content (AvgIpc) is 3.27. The SMILES string of the molecule is O=C1Nc2ccccc2C1=C1OCc2cc(CN3CCCC(C(=O)O)C3)ccc21. The van der Waals surface area contributed by atoms with Gasteiger partial charge in [0.2, 0.25) is 0 Å². The molecule has 5 rings (SSSR count). The molecule has 148 valence electrons. The quantitative estimate of drug-likeness (QED) is 0.786. The summed E-state index contributed by atoms with van der Waals surface area (Å²) in [5.41, 5.74) is 5.43. The van der Waals surface area contributed by atoms with Crippen molar-refractivity contribution in [3.8, 4) is 0 Å². The Hall–Kier alpha value is -3.12. The molecule has 3 heterocycles. The highest BCUT2D eigenvalue weighted by molar-refractivity contribution is 6.36. The number of ether oxygens (including phenoxy) is 1. The number of hydrogen-bond acceptors (Lipinski definition) is 4. The molecule has 6 heteroatoms. The van der Waals surface area contributed by atoms with Crippen LogP contribution in [0, 0.1) is 5.92 Å². The number of carboxylic acids is 1. The Morgan fingerprint density at radius 1 is 1.21 bits per heavy atom. The summed E-state index contributed by atoms with van der Waals surface area (Å²) in [5, 5.41) is 12.2. The zero-order valence-electron chi connectivity index (χ0n) is 16.0. The van der Waals surface area contributed by atoms with E-state index in [2.05, 4.69) is 22.3 Å². The van der Waals surface area contributed by atoms with Crippen molar-refractivity contribution in [1.29, 1.82) is 0 Å². The van der Waals surface area contributed by atoms with Gasteiger partial charge in [-0.3, -0.25) is 14.5 Å². The van der Waals surface area contributed by atoms with Crippen molar-refractivity contribution >= 4 is 28.9 Å². The molecule has 0 spiro atoms. The molecule has 29 heavy (non-hydrogen) atoms. The highest BCUT2D eigenvalue weighted by atomic mass is 16.5. The number of nitrogens with zero attached hydrogens (tertiary/aromatic N) is 1. The maximum atomic E-state index is 12.5. The van der Waals surface area contributed by atoms with Gasteiger partial charge < -0.3 is 15.2 Å². The minimum Gasteiger partial charge on any atom is -0.487 e. The number of para-hydroxylation sites is 1. The second-order valence-corrected chi connectivity index (χ2v) is 7.90. The third kappa shape index (κ3) is 3.19. The van der Waals surface area contributed by atoms with E-state index in [0.29, 0.717) is 24.5 Å². The first kappa shape index (κ1) is 17.9. The third-order valence-corrected chi connectivity index (χ3v) is 5.95. The van der Waals surface area contributed by atoms with Crippen molar-refractivity contribution in [3.63, 3.8) is 0 Å². The van der Waals surface area contributed by atoms with E-state index >= 15 is 0 Å². The van der Waals surface area contributed by atoms with Crippen LogP contribution in [0.2, 0.25) is 0 Å². The second-order valence-electron chi connectivity index (χ2n) is 7.90. The zero-order chi connectivity index (χ0) is 20.0. The molecule has 2 aromatic carbocycles. The van der Waals surface area contributed by atoms with Gasteiger partial charge in [-0.15, -0.1) is 0 Å². The van der Waals surface area contributed by atoms with Crippen molar-refractivity contribution in [2.75, 3.05) is 18.4 Å². The number of hydrogen-bond donors (Lipinski definition) is 2. The van der Waals surface area contributed by atoms with Gasteiger partial charge in [0.1, 0.15) is 12.4 Å². The van der Waals surface area contributed by atoms with Crippen molar-refractivity contribution < 1.29 is 19.4 Å². The van der Waals surface area contributed by atoms with Crippen molar-refractivity contribution in [2.24, 2.45) is 5.92 Å². The number of carbonyl (C=O) groups excluding carboxylic acids is 1. The van der Waals surface area contributed by atoms with Crippen LogP contribution < -0.4 is 5.32 Å². The van der Waals surface area contributed by atoms with Crippen LogP contribution in [0.15, 0.2) is 42.5 Å². The van der Waals surface area contributed by atoms with Crippen LogP contribution in [0.5, 0.6) is 0 Å². The molecule has 0 bridgehead atoms. The van der Waals surface area contributed by atoms with Crippen molar-refractivity contribution in [3.05, 3.63) is 64.7 Å². The number of rotatable bonds is 3. The molecule has 0 saturated carbocycles. The van der Waals surface area contributed by atoms with E-state index in [1.54, 1.807) is 0 Å². The van der Waals surface area contributed by atoms with Gasteiger partial charge in [-0.25, -0.2) is 0 Å². The van der Waals surface area contributed by atoms with Crippen molar-refractivity contribution in [1.82, 2.24) is 4.90 Å². The normalized spacial score (nSPS) is 23.3. The lowest BCUT2D eigenvalue weighted by atomic mass is 9.96. The first-order valence-corrected chi connectivity index (χ1v) is 9.95. The molecular formula is C23H22N2O4. The maximum Gasteiger partial charge on any atom is 0.307 e. The first-order chi connectivity index (χ1) is 14.1. The van der Waals surface area contributed by atoms with E-state index < -0.39 is 5.97 Å². The summed E-state index contributed by atoms with van der Waals surface area (Å²) in [6.45, 7) is 2.68. The number of benzene rings is 2. The number of fused-ring (bicyclic) bond motifs is 2. The fourth-order valence-corrected chi connectivity index (χ4v) is 4.52. The Labute approximate surface area is 168 Å². The number of aliphatic carboxylic acids is 1. The fraction of sp³-hybridized carbons (Fsp3) is 0.304. The molecule has 1 saturated heterocycles. The number of nitrogens with one attached hydrogen (secondary N) is 1. The molecule has 0 aliphatic carbocycles. The van der Waals surface area contributed by atoms with E-state index in [1.807, 2.05) is 30.3 Å². The first-order valence-electron chi connectivity index (χ1n) is 9.95. The summed E-state index contributed by atoms with van der Waals surface area (Å²) in [4.78, 5) is 26.0. The van der Waals surface area contributed by atoms with Crippen molar-refractivity contribution in [2.45, 2.75) is 26.0 Å². The Bertz CT molecular complexity index is 1040. The predicted molar refractivity (Wildman–Crippen MR) is 109 cm³/mol. The van der Waals surface area contributed by atoms with E-state index in [4.69, 9.17) is 4.74 Å². The third-order valence-electron chi connectivity index (χ3n) is 5.95. The minimum absolute atomic E-state index is 0.133. The second kappa shape index (κ2) is 7.04. The number of likely N-dealkylation sites (tertiary alicyclic amines) is 1. The lowest BCUT2D eigenvalue weighted by Crippen LogP contribution is -2.38. The lowest BCUT2D eigenvalue weighted by Gasteiger charge is -2.30. The molecule has 1 fully saturated rings. The molecule has 1 unspecified atom stereocenters. The number of piperidine rings is 1. The molecule has 3 aliphatic rings. The Balaban J connectivity index is 1.41. The molecule has 6 nitrogen and oxygen atoms in total. The van der Waals surface area contributed by atoms with Gasteiger partial charge in [0.15, 0.2) is 0 Å². The molecule has 1 atom stereocenters. The van der Waals surface area contributed by atoms with Crippen LogP contribution in [0.4, 0.5) is 5.69 Å². The van der Waals surface area contributed by atoms with Crippen LogP contribution in [0.1, 0.15) is 35.1 Å². The lowest BCUT2D eigenvalue weighted by molar-refractivity contribution is -0.143. The van der Waals surface area contributed by atoms with Gasteiger partial charge in [-0.1, -0.05) is 36.4 Å². The number of amides is 1. The summed E-state index contributed by atoms with van der Waals surface area (Å²) in [6, 6.07) is 13.8. The summed E-state index contributed by atoms with van der Waals surface area (Å²) in [6.07, 6.45) is 1.67. The molecule has 1 amide bonds. The Kier molecular flexibility index (Phi) is 4.36. The molecule has 0 aromatic heterocycles. The zero-order valence-corrected chi connectivity index (χ0v) is 16.0. The monoisotopic (exact) mass is 390 g/mol. The summed E-state index contributed by atoms with van der Waals surface area (Å²) < 4.78 is 5.96. The van der Waals surface area contributed by atoms with Gasteiger partial charge >= 0.3 is 5.97 Å². The summed E-state index contributed by atoms with van der Waals surface area (Å²) in [7, 11) is 0. The van der Waals surface area contributed by atoms with Gasteiger partial charge in [0.05, 0.1) is 11.5 Å². The Morgan fingerprint density at radius 2 is 2.07 bits per heavy atom. The maximum absolute atomic E-state index is 12.5. The highest BCUT2D eigenvalue weighted by Gasteiger charge is 2.32. The average molecular weight is 390 g/mol. The van der Waals surface area contributed by atoms with Gasteiger partial charge in [0, 0.05) is 35.5 Å². The Morgan fingerprint density at radius 3 is 2.93 bits per heavy atom. The summed E-state index contributed by atoms with van der Waals surface area (Å²) in [5.74, 6) is -0.480. The van der Waals surface area contributed by atoms with E-state index in [9.17, 15) is 14.7 Å². The minimum atomic E-state index is -0.705. The molecule has 0 radical (unpaired) electrons. The number of carbonyl (C=O) groups is 2. The van der Waals surface area contributed by atoms with Crippen LogP contribution in [0.25, 0.3) is 11.3 Å².